The highest BCUT2D eigenvalue weighted by Gasteiger charge is 2.39. The van der Waals surface area contributed by atoms with Gasteiger partial charge < -0.3 is 0 Å². The fourth-order valence-corrected chi connectivity index (χ4v) is 3.28. The highest BCUT2D eigenvalue weighted by atomic mass is 14.6. The molecule has 3 rings (SSSR count). The first-order chi connectivity index (χ1) is 10.3. The Morgan fingerprint density at radius 1 is 1.10 bits per heavy atom. The summed E-state index contributed by atoms with van der Waals surface area (Å²) in [7, 11) is 0. The van der Waals surface area contributed by atoms with E-state index in [-0.39, 0.29) is 0 Å². The quantitative estimate of drug-likeness (QED) is 0.720. The molecule has 0 spiro atoms. The SMILES string of the molecule is CC(C)[C](Cc1ccccc1)C(c1cccnc1)C1CC1. The number of benzene rings is 1. The summed E-state index contributed by atoms with van der Waals surface area (Å²) in [6.07, 6.45) is 7.76. The van der Waals surface area contributed by atoms with Crippen molar-refractivity contribution in [1.29, 1.82) is 0 Å². The molecular formula is C20H24N. The lowest BCUT2D eigenvalue weighted by Gasteiger charge is -2.30. The Morgan fingerprint density at radius 3 is 2.43 bits per heavy atom. The van der Waals surface area contributed by atoms with E-state index < -0.39 is 0 Å². The van der Waals surface area contributed by atoms with Crippen molar-refractivity contribution in [3.05, 3.63) is 71.9 Å². The second kappa shape index (κ2) is 6.43. The fraction of sp³-hybridized carbons (Fsp3) is 0.400. The minimum absolute atomic E-state index is 0.582. The van der Waals surface area contributed by atoms with Gasteiger partial charge >= 0.3 is 0 Å². The third kappa shape index (κ3) is 3.53. The van der Waals surface area contributed by atoms with Crippen molar-refractivity contribution < 1.29 is 0 Å². The van der Waals surface area contributed by atoms with Gasteiger partial charge in [0.15, 0.2) is 0 Å². The topological polar surface area (TPSA) is 12.9 Å². The predicted octanol–water partition coefficient (Wildman–Crippen LogP) is 5.05. The predicted molar refractivity (Wildman–Crippen MR) is 87.9 cm³/mol. The first-order valence-corrected chi connectivity index (χ1v) is 8.05. The zero-order valence-electron chi connectivity index (χ0n) is 13.0. The molecule has 0 saturated heterocycles. The molecule has 0 aliphatic heterocycles. The Bertz CT molecular complexity index is 543. The van der Waals surface area contributed by atoms with Crippen LogP contribution in [0.2, 0.25) is 0 Å². The van der Waals surface area contributed by atoms with Crippen molar-refractivity contribution in [2.45, 2.75) is 39.0 Å². The van der Waals surface area contributed by atoms with Crippen LogP contribution < -0.4 is 0 Å². The van der Waals surface area contributed by atoms with Crippen LogP contribution in [0, 0.1) is 17.8 Å². The molecule has 0 amide bonds. The summed E-state index contributed by atoms with van der Waals surface area (Å²) in [5, 5.41) is 0. The van der Waals surface area contributed by atoms with Gasteiger partial charge in [-0.1, -0.05) is 50.2 Å². The van der Waals surface area contributed by atoms with Crippen LogP contribution in [0.3, 0.4) is 0 Å². The standard InChI is InChI=1S/C20H24N/c1-15(2)19(13-16-7-4-3-5-8-16)20(17-10-11-17)18-9-6-12-21-14-18/h3-9,12,14-15,17,20H,10-11,13H2,1-2H3. The van der Waals surface area contributed by atoms with Crippen molar-refractivity contribution in [2.75, 3.05) is 0 Å². The molecule has 1 aliphatic rings. The Labute approximate surface area is 128 Å². The van der Waals surface area contributed by atoms with E-state index >= 15 is 0 Å². The summed E-state index contributed by atoms with van der Waals surface area (Å²) in [6, 6.07) is 15.2. The Hall–Kier alpha value is -1.63. The largest absolute Gasteiger partial charge is 0.264 e. The summed E-state index contributed by atoms with van der Waals surface area (Å²) in [5.41, 5.74) is 2.83. The molecule has 1 unspecified atom stereocenters. The van der Waals surface area contributed by atoms with Gasteiger partial charge in [0.2, 0.25) is 0 Å². The Balaban J connectivity index is 1.87. The maximum Gasteiger partial charge on any atom is 0.0302 e. The van der Waals surface area contributed by atoms with Gasteiger partial charge in [-0.25, -0.2) is 0 Å². The van der Waals surface area contributed by atoms with Gasteiger partial charge in [0.25, 0.3) is 0 Å². The molecule has 1 fully saturated rings. The second-order valence-electron chi connectivity index (χ2n) is 6.49. The van der Waals surface area contributed by atoms with Gasteiger partial charge in [-0.3, -0.25) is 4.98 Å². The summed E-state index contributed by atoms with van der Waals surface area (Å²) >= 11 is 0. The van der Waals surface area contributed by atoms with Gasteiger partial charge in [0, 0.05) is 12.4 Å². The molecule has 1 aromatic carbocycles. The lowest BCUT2D eigenvalue weighted by molar-refractivity contribution is 0.486. The molecule has 21 heavy (non-hydrogen) atoms. The van der Waals surface area contributed by atoms with E-state index in [9.17, 15) is 0 Å². The monoisotopic (exact) mass is 278 g/mol. The molecule has 2 aromatic rings. The number of hydrogen-bond donors (Lipinski definition) is 0. The van der Waals surface area contributed by atoms with Crippen LogP contribution in [-0.4, -0.2) is 4.98 Å². The first kappa shape index (κ1) is 14.3. The van der Waals surface area contributed by atoms with Gasteiger partial charge in [-0.2, -0.15) is 0 Å². The Kier molecular flexibility index (Phi) is 4.38. The highest BCUT2D eigenvalue weighted by molar-refractivity contribution is 5.30. The van der Waals surface area contributed by atoms with Crippen molar-refractivity contribution in [2.24, 2.45) is 11.8 Å². The van der Waals surface area contributed by atoms with Crippen LogP contribution in [0.25, 0.3) is 0 Å². The molecule has 1 saturated carbocycles. The molecule has 109 valence electrons. The first-order valence-electron chi connectivity index (χ1n) is 8.05. The fourth-order valence-electron chi connectivity index (χ4n) is 3.28. The maximum absolute atomic E-state index is 4.35. The van der Waals surface area contributed by atoms with Gasteiger partial charge in [0.1, 0.15) is 0 Å². The lowest BCUT2D eigenvalue weighted by atomic mass is 9.74. The lowest BCUT2D eigenvalue weighted by Crippen LogP contribution is -2.21. The summed E-state index contributed by atoms with van der Waals surface area (Å²) in [4.78, 5) is 4.35. The third-order valence-electron chi connectivity index (χ3n) is 4.53. The Morgan fingerprint density at radius 2 is 1.86 bits per heavy atom. The molecule has 1 heterocycles. The summed E-state index contributed by atoms with van der Waals surface area (Å²) in [5.74, 6) is 3.68. The van der Waals surface area contributed by atoms with E-state index in [0.29, 0.717) is 11.8 Å². The van der Waals surface area contributed by atoms with E-state index in [4.69, 9.17) is 0 Å². The molecule has 1 heteroatoms. The smallest absolute Gasteiger partial charge is 0.0302 e. The minimum atomic E-state index is 0.582. The molecular weight excluding hydrogens is 254 g/mol. The zero-order chi connectivity index (χ0) is 14.7. The third-order valence-corrected chi connectivity index (χ3v) is 4.53. The average Bonchev–Trinajstić information content (AvgIpc) is 3.33. The maximum atomic E-state index is 4.35. The van der Waals surface area contributed by atoms with E-state index in [1.165, 1.54) is 24.0 Å². The molecule has 1 aliphatic carbocycles. The zero-order valence-corrected chi connectivity index (χ0v) is 13.0. The van der Waals surface area contributed by atoms with Crippen LogP contribution in [0.1, 0.15) is 43.7 Å². The van der Waals surface area contributed by atoms with Crippen LogP contribution in [-0.2, 0) is 6.42 Å². The molecule has 1 radical (unpaired) electrons. The van der Waals surface area contributed by atoms with Crippen LogP contribution >= 0.6 is 0 Å². The molecule has 1 aromatic heterocycles. The molecule has 0 N–H and O–H groups in total. The number of rotatable bonds is 6. The average molecular weight is 278 g/mol. The summed E-state index contributed by atoms with van der Waals surface area (Å²) in [6.45, 7) is 4.67. The van der Waals surface area contributed by atoms with Crippen molar-refractivity contribution in [1.82, 2.24) is 4.98 Å². The van der Waals surface area contributed by atoms with Crippen molar-refractivity contribution in [3.8, 4) is 0 Å². The number of aromatic nitrogens is 1. The van der Waals surface area contributed by atoms with Crippen molar-refractivity contribution in [3.63, 3.8) is 0 Å². The normalized spacial score (nSPS) is 16.4. The van der Waals surface area contributed by atoms with Gasteiger partial charge in [0.05, 0.1) is 0 Å². The van der Waals surface area contributed by atoms with Gasteiger partial charge in [-0.15, -0.1) is 0 Å². The van der Waals surface area contributed by atoms with E-state index in [0.717, 1.165) is 12.3 Å². The number of pyridine rings is 1. The van der Waals surface area contributed by atoms with Gasteiger partial charge in [-0.05, 0) is 60.1 Å². The van der Waals surface area contributed by atoms with E-state index in [1.807, 2.05) is 6.20 Å². The second-order valence-corrected chi connectivity index (χ2v) is 6.49. The van der Waals surface area contributed by atoms with Crippen LogP contribution in [0.4, 0.5) is 0 Å². The number of hydrogen-bond acceptors (Lipinski definition) is 1. The van der Waals surface area contributed by atoms with Crippen molar-refractivity contribution >= 4 is 0 Å². The van der Waals surface area contributed by atoms with E-state index in [2.05, 4.69) is 67.5 Å². The van der Waals surface area contributed by atoms with E-state index in [1.54, 1.807) is 5.92 Å². The highest BCUT2D eigenvalue weighted by Crippen LogP contribution is 2.50. The molecule has 1 atom stereocenters. The van der Waals surface area contributed by atoms with Crippen LogP contribution in [0.15, 0.2) is 54.9 Å². The summed E-state index contributed by atoms with van der Waals surface area (Å²) < 4.78 is 0. The number of nitrogens with zero attached hydrogens (tertiary/aromatic N) is 1. The minimum Gasteiger partial charge on any atom is -0.264 e. The molecule has 1 nitrogen and oxygen atoms in total. The van der Waals surface area contributed by atoms with Crippen LogP contribution in [0.5, 0.6) is 0 Å². The molecule has 0 bridgehead atoms.